The second-order valence-corrected chi connectivity index (χ2v) is 4.97. The third-order valence-corrected chi connectivity index (χ3v) is 3.78. The van der Waals surface area contributed by atoms with Gasteiger partial charge in [0.2, 0.25) is 0 Å². The van der Waals surface area contributed by atoms with Gasteiger partial charge in [0.05, 0.1) is 6.10 Å². The maximum Gasteiger partial charge on any atom is 0.148 e. The van der Waals surface area contributed by atoms with E-state index in [1.54, 1.807) is 0 Å². The van der Waals surface area contributed by atoms with Crippen molar-refractivity contribution in [1.82, 2.24) is 9.97 Å². The topological polar surface area (TPSA) is 75.3 Å². The van der Waals surface area contributed by atoms with Crippen LogP contribution in [0, 0.1) is 5.92 Å². The molecular formula is C10H15BrN4O. The SMILES string of the molecule is CC1CCN(c2ncnc(N)c2Br)CC1O. The molecule has 1 fully saturated rings. The van der Waals surface area contributed by atoms with Crippen molar-refractivity contribution in [2.24, 2.45) is 5.92 Å². The van der Waals surface area contributed by atoms with Crippen molar-refractivity contribution in [2.75, 3.05) is 23.7 Å². The number of nitrogens with zero attached hydrogens (tertiary/aromatic N) is 3. The molecule has 2 heterocycles. The van der Waals surface area contributed by atoms with Crippen molar-refractivity contribution >= 4 is 27.6 Å². The zero-order valence-corrected chi connectivity index (χ0v) is 10.7. The molecule has 0 saturated carbocycles. The molecule has 0 amide bonds. The lowest BCUT2D eigenvalue weighted by molar-refractivity contribution is 0.102. The van der Waals surface area contributed by atoms with Crippen molar-refractivity contribution in [3.05, 3.63) is 10.8 Å². The van der Waals surface area contributed by atoms with Crippen LogP contribution < -0.4 is 10.6 Å². The highest BCUT2D eigenvalue weighted by Crippen LogP contribution is 2.30. The van der Waals surface area contributed by atoms with E-state index in [9.17, 15) is 5.11 Å². The lowest BCUT2D eigenvalue weighted by atomic mass is 9.96. The lowest BCUT2D eigenvalue weighted by Crippen LogP contribution is -2.43. The van der Waals surface area contributed by atoms with Gasteiger partial charge >= 0.3 is 0 Å². The Morgan fingerprint density at radius 2 is 2.31 bits per heavy atom. The number of piperidine rings is 1. The standard InChI is InChI=1S/C10H15BrN4O/c1-6-2-3-15(4-7(6)16)10-8(11)9(12)13-5-14-10/h5-7,16H,2-4H2,1H3,(H2,12,13,14). The summed E-state index contributed by atoms with van der Waals surface area (Å²) in [6, 6.07) is 0. The maximum absolute atomic E-state index is 9.84. The Bertz CT molecular complexity index is 387. The minimum atomic E-state index is -0.308. The molecule has 2 rings (SSSR count). The fourth-order valence-electron chi connectivity index (χ4n) is 1.84. The normalized spacial score (nSPS) is 25.8. The largest absolute Gasteiger partial charge is 0.391 e. The zero-order valence-electron chi connectivity index (χ0n) is 9.10. The van der Waals surface area contributed by atoms with Gasteiger partial charge in [0.1, 0.15) is 22.4 Å². The number of hydrogen-bond donors (Lipinski definition) is 2. The molecule has 1 aromatic rings. The highest BCUT2D eigenvalue weighted by molar-refractivity contribution is 9.10. The molecule has 0 spiro atoms. The van der Waals surface area contributed by atoms with Gasteiger partial charge in [-0.25, -0.2) is 9.97 Å². The molecule has 6 heteroatoms. The van der Waals surface area contributed by atoms with Gasteiger partial charge in [-0.2, -0.15) is 0 Å². The smallest absolute Gasteiger partial charge is 0.148 e. The molecule has 1 aliphatic heterocycles. The molecule has 0 aromatic carbocycles. The Balaban J connectivity index is 2.22. The van der Waals surface area contributed by atoms with E-state index < -0.39 is 0 Å². The predicted molar refractivity (Wildman–Crippen MR) is 66.1 cm³/mol. The van der Waals surface area contributed by atoms with Crippen molar-refractivity contribution in [2.45, 2.75) is 19.4 Å². The predicted octanol–water partition coefficient (Wildman–Crippen LogP) is 1.03. The average Bonchev–Trinajstić information content (AvgIpc) is 2.26. The maximum atomic E-state index is 9.84. The highest BCUT2D eigenvalue weighted by atomic mass is 79.9. The van der Waals surface area contributed by atoms with Gasteiger partial charge in [0.25, 0.3) is 0 Å². The number of hydrogen-bond acceptors (Lipinski definition) is 5. The average molecular weight is 287 g/mol. The van der Waals surface area contributed by atoms with Crippen molar-refractivity contribution < 1.29 is 5.11 Å². The van der Waals surface area contributed by atoms with Gasteiger partial charge in [-0.15, -0.1) is 0 Å². The Morgan fingerprint density at radius 1 is 1.56 bits per heavy atom. The van der Waals surface area contributed by atoms with Crippen LogP contribution in [0.1, 0.15) is 13.3 Å². The van der Waals surface area contributed by atoms with E-state index in [1.807, 2.05) is 4.90 Å². The van der Waals surface area contributed by atoms with Gasteiger partial charge in [-0.05, 0) is 28.3 Å². The van der Waals surface area contributed by atoms with Gasteiger partial charge in [0.15, 0.2) is 0 Å². The number of aliphatic hydroxyl groups excluding tert-OH is 1. The molecule has 2 unspecified atom stereocenters. The van der Waals surface area contributed by atoms with Crippen LogP contribution in [0.3, 0.4) is 0 Å². The molecule has 1 saturated heterocycles. The molecule has 16 heavy (non-hydrogen) atoms. The summed E-state index contributed by atoms with van der Waals surface area (Å²) in [5, 5.41) is 9.84. The van der Waals surface area contributed by atoms with E-state index in [0.29, 0.717) is 22.8 Å². The Labute approximate surface area is 103 Å². The molecule has 0 aliphatic carbocycles. The highest BCUT2D eigenvalue weighted by Gasteiger charge is 2.26. The summed E-state index contributed by atoms with van der Waals surface area (Å²) in [6.07, 6.45) is 2.09. The van der Waals surface area contributed by atoms with Crippen LogP contribution in [0.2, 0.25) is 0 Å². The molecule has 2 atom stereocenters. The number of nitrogen functional groups attached to an aromatic ring is 1. The van der Waals surface area contributed by atoms with Crippen LogP contribution in [-0.2, 0) is 0 Å². The molecule has 3 N–H and O–H groups in total. The van der Waals surface area contributed by atoms with Crippen LogP contribution in [0.15, 0.2) is 10.8 Å². The summed E-state index contributed by atoms with van der Waals surface area (Å²) in [6.45, 7) is 3.54. The fraction of sp³-hybridized carbons (Fsp3) is 0.600. The third kappa shape index (κ3) is 2.12. The van der Waals surface area contributed by atoms with Crippen LogP contribution in [0.25, 0.3) is 0 Å². The second kappa shape index (κ2) is 4.55. The van der Waals surface area contributed by atoms with Gasteiger partial charge < -0.3 is 15.7 Å². The van der Waals surface area contributed by atoms with Crippen molar-refractivity contribution in [3.63, 3.8) is 0 Å². The minimum Gasteiger partial charge on any atom is -0.391 e. The summed E-state index contributed by atoms with van der Waals surface area (Å²) in [7, 11) is 0. The third-order valence-electron chi connectivity index (χ3n) is 3.02. The number of aliphatic hydroxyl groups is 1. The number of rotatable bonds is 1. The van der Waals surface area contributed by atoms with E-state index in [2.05, 4.69) is 32.8 Å². The molecule has 1 aromatic heterocycles. The van der Waals surface area contributed by atoms with Crippen molar-refractivity contribution in [3.8, 4) is 0 Å². The Hall–Kier alpha value is -0.880. The van der Waals surface area contributed by atoms with Crippen LogP contribution in [0.5, 0.6) is 0 Å². The number of aromatic nitrogens is 2. The first-order valence-electron chi connectivity index (χ1n) is 5.28. The molecule has 0 radical (unpaired) electrons. The van der Waals surface area contributed by atoms with Gasteiger partial charge in [-0.3, -0.25) is 0 Å². The molecule has 88 valence electrons. The summed E-state index contributed by atoms with van der Waals surface area (Å²) in [5.41, 5.74) is 5.70. The van der Waals surface area contributed by atoms with Crippen LogP contribution >= 0.6 is 15.9 Å². The van der Waals surface area contributed by atoms with Gasteiger partial charge in [-0.1, -0.05) is 6.92 Å². The monoisotopic (exact) mass is 286 g/mol. The second-order valence-electron chi connectivity index (χ2n) is 4.18. The van der Waals surface area contributed by atoms with Crippen molar-refractivity contribution in [1.29, 1.82) is 0 Å². The number of β-amino-alcohol motifs (C(OH)–C–C–N with tert-alkyl or cyclic N) is 1. The Morgan fingerprint density at radius 3 is 3.00 bits per heavy atom. The number of nitrogens with two attached hydrogens (primary N) is 1. The molecule has 1 aliphatic rings. The van der Waals surface area contributed by atoms with E-state index in [0.717, 1.165) is 18.8 Å². The van der Waals surface area contributed by atoms with Crippen LogP contribution in [-0.4, -0.2) is 34.3 Å². The summed E-state index contributed by atoms with van der Waals surface area (Å²) < 4.78 is 0.705. The fourth-order valence-corrected chi connectivity index (χ4v) is 2.29. The number of halogens is 1. The Kier molecular flexibility index (Phi) is 3.30. The number of anilines is 2. The van der Waals surface area contributed by atoms with Crippen LogP contribution in [0.4, 0.5) is 11.6 Å². The first-order chi connectivity index (χ1) is 7.59. The first-order valence-corrected chi connectivity index (χ1v) is 6.08. The van der Waals surface area contributed by atoms with E-state index >= 15 is 0 Å². The zero-order chi connectivity index (χ0) is 11.7. The van der Waals surface area contributed by atoms with Gasteiger partial charge in [0, 0.05) is 13.1 Å². The minimum absolute atomic E-state index is 0.308. The summed E-state index contributed by atoms with van der Waals surface area (Å²) in [5.74, 6) is 1.53. The molecule has 0 bridgehead atoms. The quantitative estimate of drug-likeness (QED) is 0.807. The van der Waals surface area contributed by atoms with E-state index in [4.69, 9.17) is 5.73 Å². The van der Waals surface area contributed by atoms with E-state index in [1.165, 1.54) is 6.33 Å². The molecular weight excluding hydrogens is 272 g/mol. The summed E-state index contributed by atoms with van der Waals surface area (Å²) >= 11 is 3.38. The lowest BCUT2D eigenvalue weighted by Gasteiger charge is -2.35. The molecule has 5 nitrogen and oxygen atoms in total. The summed E-state index contributed by atoms with van der Waals surface area (Å²) in [4.78, 5) is 10.1. The van der Waals surface area contributed by atoms with E-state index in [-0.39, 0.29) is 6.10 Å². The first kappa shape index (κ1) is 11.6.